The zero-order valence-electron chi connectivity index (χ0n) is 21.2. The van der Waals surface area contributed by atoms with Crippen LogP contribution in [0, 0.1) is 0 Å². The summed E-state index contributed by atoms with van der Waals surface area (Å²) in [7, 11) is 3.51. The van der Waals surface area contributed by atoms with Gasteiger partial charge in [0.2, 0.25) is 5.89 Å². The van der Waals surface area contributed by atoms with Gasteiger partial charge in [0.05, 0.1) is 18.3 Å². The molecule has 36 heavy (non-hydrogen) atoms. The SMILES string of the molecule is CC(C)c1noc(CN2CCC(Oc3ccc(-n4ccc5cc(C(=O)N(C)C)ccc54)nc3)CC2)n1. The van der Waals surface area contributed by atoms with Crippen molar-refractivity contribution in [3.8, 4) is 11.6 Å². The third kappa shape index (κ3) is 5.11. The lowest BCUT2D eigenvalue weighted by Crippen LogP contribution is -2.37. The molecular weight excluding hydrogens is 456 g/mol. The third-order valence-electron chi connectivity index (χ3n) is 6.51. The Morgan fingerprint density at radius 1 is 1.17 bits per heavy atom. The molecule has 1 fully saturated rings. The number of pyridine rings is 1. The van der Waals surface area contributed by atoms with E-state index in [2.05, 4.69) is 33.9 Å². The Morgan fingerprint density at radius 3 is 2.64 bits per heavy atom. The summed E-state index contributed by atoms with van der Waals surface area (Å²) in [5.74, 6) is 3.27. The van der Waals surface area contributed by atoms with Crippen molar-refractivity contribution in [2.75, 3.05) is 27.2 Å². The number of carbonyl (C=O) groups excluding carboxylic acids is 1. The van der Waals surface area contributed by atoms with Gasteiger partial charge in [0.1, 0.15) is 17.7 Å². The van der Waals surface area contributed by atoms with E-state index in [0.29, 0.717) is 18.0 Å². The number of likely N-dealkylation sites (tertiary alicyclic amines) is 1. The molecule has 9 heteroatoms. The highest BCUT2D eigenvalue weighted by molar-refractivity contribution is 5.98. The molecule has 1 saturated heterocycles. The fraction of sp³-hybridized carbons (Fsp3) is 0.407. The van der Waals surface area contributed by atoms with Crippen molar-refractivity contribution in [1.29, 1.82) is 0 Å². The first kappa shape index (κ1) is 24.0. The van der Waals surface area contributed by atoms with E-state index in [1.54, 1.807) is 25.2 Å². The summed E-state index contributed by atoms with van der Waals surface area (Å²) in [6.07, 6.45) is 5.78. The molecule has 0 atom stereocenters. The number of rotatable bonds is 7. The molecule has 0 bridgehead atoms. The average molecular weight is 489 g/mol. The molecule has 0 unspecified atom stereocenters. The smallest absolute Gasteiger partial charge is 0.253 e. The first-order valence-corrected chi connectivity index (χ1v) is 12.4. The third-order valence-corrected chi connectivity index (χ3v) is 6.51. The molecule has 5 rings (SSSR count). The van der Waals surface area contributed by atoms with Crippen LogP contribution >= 0.6 is 0 Å². The van der Waals surface area contributed by atoms with Gasteiger partial charge in [-0.3, -0.25) is 9.69 Å². The van der Waals surface area contributed by atoms with E-state index in [1.807, 2.05) is 47.2 Å². The second-order valence-electron chi connectivity index (χ2n) is 9.81. The van der Waals surface area contributed by atoms with Crippen LogP contribution in [0.2, 0.25) is 0 Å². The van der Waals surface area contributed by atoms with Gasteiger partial charge in [-0.2, -0.15) is 4.98 Å². The Hall–Kier alpha value is -3.72. The molecule has 9 nitrogen and oxygen atoms in total. The number of aromatic nitrogens is 4. The number of nitrogens with zero attached hydrogens (tertiary/aromatic N) is 6. The zero-order valence-corrected chi connectivity index (χ0v) is 21.2. The Balaban J connectivity index is 1.18. The number of amides is 1. The molecule has 0 spiro atoms. The van der Waals surface area contributed by atoms with Crippen LogP contribution in [-0.2, 0) is 6.54 Å². The summed E-state index contributed by atoms with van der Waals surface area (Å²) in [6, 6.07) is 11.7. The molecule has 1 aliphatic rings. The van der Waals surface area contributed by atoms with Crippen molar-refractivity contribution >= 4 is 16.8 Å². The lowest BCUT2D eigenvalue weighted by molar-refractivity contribution is 0.0827. The van der Waals surface area contributed by atoms with Gasteiger partial charge in [-0.1, -0.05) is 19.0 Å². The van der Waals surface area contributed by atoms with Gasteiger partial charge in [-0.15, -0.1) is 0 Å². The Kier molecular flexibility index (Phi) is 6.73. The molecule has 4 aromatic rings. The number of piperidine rings is 1. The quantitative estimate of drug-likeness (QED) is 0.384. The summed E-state index contributed by atoms with van der Waals surface area (Å²) in [4.78, 5) is 25.3. The normalized spacial score (nSPS) is 15.0. The minimum Gasteiger partial charge on any atom is -0.489 e. The van der Waals surface area contributed by atoms with Crippen molar-refractivity contribution in [1.82, 2.24) is 29.5 Å². The Labute approximate surface area is 210 Å². The minimum atomic E-state index is -0.00925. The molecule has 0 aliphatic carbocycles. The fourth-order valence-corrected chi connectivity index (χ4v) is 4.45. The van der Waals surface area contributed by atoms with Gasteiger partial charge in [0, 0.05) is 50.2 Å². The monoisotopic (exact) mass is 488 g/mol. The van der Waals surface area contributed by atoms with Crippen LogP contribution in [0.25, 0.3) is 16.7 Å². The average Bonchev–Trinajstić information content (AvgIpc) is 3.52. The van der Waals surface area contributed by atoms with E-state index in [1.165, 1.54) is 0 Å². The molecular formula is C27H32N6O3. The van der Waals surface area contributed by atoms with Crippen LogP contribution in [0.15, 0.2) is 53.3 Å². The molecule has 3 aromatic heterocycles. The lowest BCUT2D eigenvalue weighted by atomic mass is 10.1. The Morgan fingerprint density at radius 2 is 1.97 bits per heavy atom. The van der Waals surface area contributed by atoms with E-state index >= 15 is 0 Å². The van der Waals surface area contributed by atoms with Gasteiger partial charge >= 0.3 is 0 Å². The van der Waals surface area contributed by atoms with Gasteiger partial charge in [0.25, 0.3) is 5.91 Å². The molecule has 188 valence electrons. The molecule has 0 N–H and O–H groups in total. The van der Waals surface area contributed by atoms with E-state index in [0.717, 1.165) is 54.2 Å². The van der Waals surface area contributed by atoms with Crippen LogP contribution < -0.4 is 4.74 Å². The molecule has 4 heterocycles. The highest BCUT2D eigenvalue weighted by Gasteiger charge is 2.23. The van der Waals surface area contributed by atoms with Crippen molar-refractivity contribution in [2.24, 2.45) is 0 Å². The number of ether oxygens (including phenoxy) is 1. The van der Waals surface area contributed by atoms with Crippen molar-refractivity contribution in [2.45, 2.75) is 45.3 Å². The predicted molar refractivity (Wildman–Crippen MR) is 136 cm³/mol. The standard InChI is InChI=1S/C27H32N6O3/c1-18(2)26-29-25(36-30-26)17-32-12-10-21(11-13-32)35-22-6-8-24(28-16-22)33-14-9-19-15-20(5-7-23(19)33)27(34)31(3)4/h5-9,14-16,18,21H,10-13,17H2,1-4H3. The molecule has 1 aromatic carbocycles. The fourth-order valence-electron chi connectivity index (χ4n) is 4.45. The summed E-state index contributed by atoms with van der Waals surface area (Å²) in [5, 5.41) is 5.05. The number of hydrogen-bond donors (Lipinski definition) is 0. The maximum Gasteiger partial charge on any atom is 0.253 e. The van der Waals surface area contributed by atoms with Crippen LogP contribution in [0.5, 0.6) is 5.75 Å². The van der Waals surface area contributed by atoms with E-state index in [4.69, 9.17) is 9.26 Å². The molecule has 0 saturated carbocycles. The van der Waals surface area contributed by atoms with Gasteiger partial charge < -0.3 is 18.7 Å². The number of fused-ring (bicyclic) bond motifs is 1. The zero-order chi connectivity index (χ0) is 25.2. The van der Waals surface area contributed by atoms with E-state index < -0.39 is 0 Å². The van der Waals surface area contributed by atoms with Crippen LogP contribution in [0.1, 0.15) is 54.7 Å². The first-order chi connectivity index (χ1) is 17.4. The number of carbonyl (C=O) groups is 1. The maximum absolute atomic E-state index is 12.3. The number of benzene rings is 1. The van der Waals surface area contributed by atoms with Gasteiger partial charge in [-0.25, -0.2) is 4.98 Å². The van der Waals surface area contributed by atoms with Gasteiger partial charge in [0.15, 0.2) is 5.82 Å². The second kappa shape index (κ2) is 10.1. The van der Waals surface area contributed by atoms with Crippen LogP contribution in [-0.4, -0.2) is 68.7 Å². The van der Waals surface area contributed by atoms with E-state index in [-0.39, 0.29) is 17.9 Å². The summed E-state index contributed by atoms with van der Waals surface area (Å²) >= 11 is 0. The molecule has 0 radical (unpaired) electrons. The van der Waals surface area contributed by atoms with E-state index in [9.17, 15) is 4.79 Å². The summed E-state index contributed by atoms with van der Waals surface area (Å²) < 4.78 is 13.6. The lowest BCUT2D eigenvalue weighted by Gasteiger charge is -2.31. The topological polar surface area (TPSA) is 89.5 Å². The molecule has 1 aliphatic heterocycles. The highest BCUT2D eigenvalue weighted by atomic mass is 16.5. The van der Waals surface area contributed by atoms with Crippen molar-refractivity contribution in [3.63, 3.8) is 0 Å². The Bertz CT molecular complexity index is 1330. The first-order valence-electron chi connectivity index (χ1n) is 12.4. The van der Waals surface area contributed by atoms with Crippen LogP contribution in [0.3, 0.4) is 0 Å². The molecule has 1 amide bonds. The van der Waals surface area contributed by atoms with Crippen molar-refractivity contribution < 1.29 is 14.1 Å². The van der Waals surface area contributed by atoms with Crippen molar-refractivity contribution in [3.05, 3.63) is 66.1 Å². The minimum absolute atomic E-state index is 0.00925. The second-order valence-corrected chi connectivity index (χ2v) is 9.81. The summed E-state index contributed by atoms with van der Waals surface area (Å²) in [5.41, 5.74) is 1.67. The summed E-state index contributed by atoms with van der Waals surface area (Å²) in [6.45, 7) is 6.64. The highest BCUT2D eigenvalue weighted by Crippen LogP contribution is 2.24. The maximum atomic E-state index is 12.3. The van der Waals surface area contributed by atoms with Gasteiger partial charge in [-0.05, 0) is 49.2 Å². The predicted octanol–water partition coefficient (Wildman–Crippen LogP) is 4.28. The number of hydrogen-bond acceptors (Lipinski definition) is 7. The van der Waals surface area contributed by atoms with Crippen LogP contribution in [0.4, 0.5) is 0 Å². The largest absolute Gasteiger partial charge is 0.489 e.